The third kappa shape index (κ3) is 3.83. The highest BCUT2D eigenvalue weighted by Crippen LogP contribution is 2.50. The number of ether oxygens (including phenoxy) is 4. The molecular formula is C25H22Cl2N2O4. The molecule has 3 aromatic rings. The first-order valence-electron chi connectivity index (χ1n) is 10.4. The van der Waals surface area contributed by atoms with Crippen LogP contribution in [0.3, 0.4) is 0 Å². The molecule has 8 heteroatoms. The molecule has 0 amide bonds. The van der Waals surface area contributed by atoms with E-state index >= 15 is 0 Å². The van der Waals surface area contributed by atoms with E-state index in [1.54, 1.807) is 21.3 Å². The average molecular weight is 485 g/mol. The lowest BCUT2D eigenvalue weighted by atomic mass is 9.96. The smallest absolute Gasteiger partial charge is 0.214 e. The molecule has 0 bridgehead atoms. The number of hydrazone groups is 1. The van der Waals surface area contributed by atoms with Gasteiger partial charge in [0.25, 0.3) is 0 Å². The molecular weight excluding hydrogens is 463 g/mol. The van der Waals surface area contributed by atoms with Gasteiger partial charge in [0, 0.05) is 27.6 Å². The quantitative estimate of drug-likeness (QED) is 0.427. The van der Waals surface area contributed by atoms with E-state index in [4.69, 9.17) is 47.3 Å². The van der Waals surface area contributed by atoms with Crippen LogP contribution in [-0.2, 0) is 0 Å². The number of hydrogen-bond donors (Lipinski definition) is 0. The number of fused-ring (bicyclic) bond motifs is 3. The maximum atomic E-state index is 6.45. The fraction of sp³-hybridized carbons (Fsp3) is 0.240. The number of nitrogens with zero attached hydrogens (tertiary/aromatic N) is 2. The van der Waals surface area contributed by atoms with Crippen LogP contribution in [0.2, 0.25) is 10.0 Å². The lowest BCUT2D eigenvalue weighted by Crippen LogP contribution is -2.33. The van der Waals surface area contributed by atoms with E-state index in [1.165, 1.54) is 0 Å². The largest absolute Gasteiger partial charge is 0.493 e. The van der Waals surface area contributed by atoms with Crippen LogP contribution in [0.4, 0.5) is 0 Å². The standard InChI is InChI=1S/C25H22Cl2N2O4/c1-30-22-10-15(11-23(31-2)24(22)32-3)25-29-20(18-12-17(27)8-9-21(18)33-25)13-19(28-29)14-4-6-16(26)7-5-14/h4-12,20,25H,13H2,1-3H3. The van der Waals surface area contributed by atoms with Crippen molar-refractivity contribution in [3.8, 4) is 23.0 Å². The van der Waals surface area contributed by atoms with Gasteiger partial charge in [0.2, 0.25) is 12.0 Å². The van der Waals surface area contributed by atoms with Gasteiger partial charge in [-0.05, 0) is 48.0 Å². The number of methoxy groups -OCH3 is 3. The summed E-state index contributed by atoms with van der Waals surface area (Å²) < 4.78 is 23.1. The molecule has 0 radical (unpaired) electrons. The van der Waals surface area contributed by atoms with Crippen LogP contribution in [0.1, 0.15) is 35.4 Å². The van der Waals surface area contributed by atoms with Crippen molar-refractivity contribution in [2.45, 2.75) is 18.7 Å². The fourth-order valence-electron chi connectivity index (χ4n) is 4.34. The normalized spacial score (nSPS) is 18.7. The molecule has 0 saturated heterocycles. The Morgan fingerprint density at radius 2 is 1.55 bits per heavy atom. The molecule has 0 aromatic heterocycles. The van der Waals surface area contributed by atoms with Gasteiger partial charge in [0.05, 0.1) is 33.1 Å². The van der Waals surface area contributed by atoms with Crippen LogP contribution in [0.15, 0.2) is 59.7 Å². The Morgan fingerprint density at radius 3 is 2.18 bits per heavy atom. The molecule has 6 nitrogen and oxygen atoms in total. The highest BCUT2D eigenvalue weighted by Gasteiger charge is 2.41. The van der Waals surface area contributed by atoms with Gasteiger partial charge < -0.3 is 18.9 Å². The minimum atomic E-state index is -0.498. The first-order valence-corrected chi connectivity index (χ1v) is 11.2. The summed E-state index contributed by atoms with van der Waals surface area (Å²) in [5.74, 6) is 2.40. The van der Waals surface area contributed by atoms with Gasteiger partial charge in [-0.1, -0.05) is 35.3 Å². The monoisotopic (exact) mass is 484 g/mol. The maximum Gasteiger partial charge on any atom is 0.214 e. The summed E-state index contributed by atoms with van der Waals surface area (Å²) in [7, 11) is 4.77. The van der Waals surface area contributed by atoms with Gasteiger partial charge in [-0.2, -0.15) is 5.10 Å². The number of rotatable bonds is 5. The summed E-state index contributed by atoms with van der Waals surface area (Å²) in [6.45, 7) is 0. The van der Waals surface area contributed by atoms with Crippen LogP contribution < -0.4 is 18.9 Å². The van der Waals surface area contributed by atoms with Crippen LogP contribution in [-0.4, -0.2) is 32.0 Å². The second kappa shape index (κ2) is 8.69. The zero-order chi connectivity index (χ0) is 23.1. The van der Waals surface area contributed by atoms with Crippen molar-refractivity contribution in [1.29, 1.82) is 0 Å². The maximum absolute atomic E-state index is 6.45. The van der Waals surface area contributed by atoms with E-state index in [-0.39, 0.29) is 6.04 Å². The van der Waals surface area contributed by atoms with Gasteiger partial charge >= 0.3 is 0 Å². The summed E-state index contributed by atoms with van der Waals surface area (Å²) in [5, 5.41) is 8.29. The van der Waals surface area contributed by atoms with E-state index < -0.39 is 6.23 Å². The van der Waals surface area contributed by atoms with Crippen molar-refractivity contribution < 1.29 is 18.9 Å². The molecule has 0 saturated carbocycles. The minimum Gasteiger partial charge on any atom is -0.493 e. The van der Waals surface area contributed by atoms with E-state index in [0.29, 0.717) is 33.7 Å². The molecule has 2 aliphatic heterocycles. The summed E-state index contributed by atoms with van der Waals surface area (Å²) >= 11 is 12.4. The molecule has 2 atom stereocenters. The van der Waals surface area contributed by atoms with Crippen LogP contribution in [0, 0.1) is 0 Å². The van der Waals surface area contributed by atoms with Crippen molar-refractivity contribution in [3.63, 3.8) is 0 Å². The molecule has 2 aliphatic rings. The summed E-state index contributed by atoms with van der Waals surface area (Å²) in [6, 6.07) is 17.1. The van der Waals surface area contributed by atoms with Gasteiger partial charge in [-0.15, -0.1) is 0 Å². The zero-order valence-corrected chi connectivity index (χ0v) is 19.9. The Balaban J connectivity index is 1.63. The molecule has 170 valence electrons. The molecule has 0 aliphatic carbocycles. The lowest BCUT2D eigenvalue weighted by molar-refractivity contribution is -0.0192. The van der Waals surface area contributed by atoms with Crippen molar-refractivity contribution in [1.82, 2.24) is 5.01 Å². The Hall–Kier alpha value is -3.09. The SMILES string of the molecule is COc1cc(C2Oc3ccc(Cl)cc3C3CC(c4ccc(Cl)cc4)=NN32)cc(OC)c1OC. The Morgan fingerprint density at radius 1 is 0.879 bits per heavy atom. The van der Waals surface area contributed by atoms with Gasteiger partial charge in [0.1, 0.15) is 5.75 Å². The average Bonchev–Trinajstić information content (AvgIpc) is 3.29. The summed E-state index contributed by atoms with van der Waals surface area (Å²) in [4.78, 5) is 0. The highest BCUT2D eigenvalue weighted by molar-refractivity contribution is 6.31. The Bertz CT molecular complexity index is 1200. The molecule has 3 aromatic carbocycles. The number of halogens is 2. The fourth-order valence-corrected chi connectivity index (χ4v) is 4.65. The molecule has 5 rings (SSSR count). The second-order valence-corrected chi connectivity index (χ2v) is 8.64. The van der Waals surface area contributed by atoms with E-state index in [1.807, 2.05) is 59.6 Å². The Kier molecular flexibility index (Phi) is 5.72. The topological polar surface area (TPSA) is 52.5 Å². The van der Waals surface area contributed by atoms with Gasteiger partial charge in [0.15, 0.2) is 11.5 Å². The third-order valence-electron chi connectivity index (χ3n) is 5.90. The van der Waals surface area contributed by atoms with Crippen molar-refractivity contribution in [2.24, 2.45) is 5.10 Å². The minimum absolute atomic E-state index is 0.0396. The van der Waals surface area contributed by atoms with E-state index in [9.17, 15) is 0 Å². The Labute approximate surface area is 202 Å². The number of benzene rings is 3. The van der Waals surface area contributed by atoms with Crippen LogP contribution >= 0.6 is 23.2 Å². The first kappa shape index (κ1) is 21.7. The molecule has 0 fully saturated rings. The predicted molar refractivity (Wildman–Crippen MR) is 128 cm³/mol. The van der Waals surface area contributed by atoms with Gasteiger partial charge in [-0.25, -0.2) is 5.01 Å². The van der Waals surface area contributed by atoms with Crippen molar-refractivity contribution >= 4 is 28.9 Å². The molecule has 2 heterocycles. The molecule has 33 heavy (non-hydrogen) atoms. The summed E-state index contributed by atoms with van der Waals surface area (Å²) in [5.41, 5.74) is 3.79. The molecule has 2 unspecified atom stereocenters. The van der Waals surface area contributed by atoms with Crippen LogP contribution in [0.5, 0.6) is 23.0 Å². The first-order chi connectivity index (χ1) is 16.0. The zero-order valence-electron chi connectivity index (χ0n) is 18.3. The number of hydrogen-bond acceptors (Lipinski definition) is 6. The summed E-state index contributed by atoms with van der Waals surface area (Å²) in [6.07, 6.45) is 0.210. The van der Waals surface area contributed by atoms with Crippen LogP contribution in [0.25, 0.3) is 0 Å². The highest BCUT2D eigenvalue weighted by atomic mass is 35.5. The third-order valence-corrected chi connectivity index (χ3v) is 6.39. The van der Waals surface area contributed by atoms with Gasteiger partial charge in [-0.3, -0.25) is 0 Å². The van der Waals surface area contributed by atoms with Crippen molar-refractivity contribution in [3.05, 3.63) is 81.3 Å². The van der Waals surface area contributed by atoms with Crippen molar-refractivity contribution in [2.75, 3.05) is 21.3 Å². The van der Waals surface area contributed by atoms with E-state index in [0.717, 1.165) is 28.2 Å². The lowest BCUT2D eigenvalue weighted by Gasteiger charge is -2.38. The molecule has 0 N–H and O–H groups in total. The second-order valence-electron chi connectivity index (χ2n) is 7.76. The molecule has 0 spiro atoms. The predicted octanol–water partition coefficient (Wildman–Crippen LogP) is 6.26. The van der Waals surface area contributed by atoms with E-state index in [2.05, 4.69) is 0 Å².